The van der Waals surface area contributed by atoms with Crippen LogP contribution in [-0.4, -0.2) is 26.4 Å². The molecule has 0 aliphatic heterocycles. The highest BCUT2D eigenvalue weighted by molar-refractivity contribution is 7.92. The molecule has 1 heterocycles. The Morgan fingerprint density at radius 2 is 2.00 bits per heavy atom. The molecule has 1 aromatic carbocycles. The molecule has 0 unspecified atom stereocenters. The van der Waals surface area contributed by atoms with Crippen LogP contribution in [0.2, 0.25) is 0 Å². The fourth-order valence-electron chi connectivity index (χ4n) is 1.50. The summed E-state index contributed by atoms with van der Waals surface area (Å²) in [6, 6.07) is 7.16. The van der Waals surface area contributed by atoms with Crippen molar-refractivity contribution in [1.82, 2.24) is 5.16 Å². The van der Waals surface area contributed by atoms with Crippen molar-refractivity contribution >= 4 is 15.9 Å². The summed E-state index contributed by atoms with van der Waals surface area (Å²) in [5, 5.41) is 3.63. The molecule has 1 aromatic heterocycles. The van der Waals surface area contributed by atoms with Gasteiger partial charge in [-0.25, -0.2) is 8.42 Å². The summed E-state index contributed by atoms with van der Waals surface area (Å²) in [7, 11) is -1.82. The average Bonchev–Trinajstić information content (AvgIpc) is 2.86. The molecule has 2 aromatic rings. The molecule has 1 N–H and O–H groups in total. The highest BCUT2D eigenvalue weighted by Gasteiger charge is 2.16. The van der Waals surface area contributed by atoms with E-state index in [1.807, 2.05) is 0 Å². The number of methoxy groups -OCH3 is 1. The number of benzene rings is 1. The molecule has 7 heteroatoms. The molecule has 102 valence electrons. The van der Waals surface area contributed by atoms with Gasteiger partial charge in [-0.1, -0.05) is 17.3 Å². The predicted octanol–water partition coefficient (Wildman–Crippen LogP) is 2.11. The predicted molar refractivity (Wildman–Crippen MR) is 71.6 cm³/mol. The van der Waals surface area contributed by atoms with E-state index in [4.69, 9.17) is 9.26 Å². The van der Waals surface area contributed by atoms with Crippen LogP contribution in [0.5, 0.6) is 5.75 Å². The monoisotopic (exact) mass is 282 g/mol. The van der Waals surface area contributed by atoms with Crippen LogP contribution in [0.25, 0.3) is 11.1 Å². The zero-order valence-electron chi connectivity index (χ0n) is 10.6. The Morgan fingerprint density at radius 3 is 2.58 bits per heavy atom. The summed E-state index contributed by atoms with van der Waals surface area (Å²) in [5.74, 6) is 0.804. The van der Waals surface area contributed by atoms with Crippen LogP contribution in [-0.2, 0) is 10.0 Å². The van der Waals surface area contributed by atoms with Gasteiger partial charge >= 0.3 is 0 Å². The van der Waals surface area contributed by atoms with E-state index in [2.05, 4.69) is 9.88 Å². The number of anilines is 1. The Morgan fingerprint density at radius 1 is 1.32 bits per heavy atom. The number of nitrogens with one attached hydrogen (secondary N) is 1. The van der Waals surface area contributed by atoms with Crippen LogP contribution in [0, 0.1) is 0 Å². The molecule has 0 spiro atoms. The largest absolute Gasteiger partial charge is 0.497 e. The SMILES string of the molecule is CCS(=O)(=O)Nc1oncc1-c1ccc(OC)cc1. The summed E-state index contributed by atoms with van der Waals surface area (Å²) >= 11 is 0. The van der Waals surface area contributed by atoms with Crippen molar-refractivity contribution in [3.63, 3.8) is 0 Å². The molecule has 0 bridgehead atoms. The van der Waals surface area contributed by atoms with Crippen molar-refractivity contribution in [2.75, 3.05) is 17.6 Å². The zero-order valence-corrected chi connectivity index (χ0v) is 11.4. The van der Waals surface area contributed by atoms with E-state index in [0.717, 1.165) is 11.3 Å². The zero-order chi connectivity index (χ0) is 13.9. The first-order chi connectivity index (χ1) is 9.05. The fourth-order valence-corrected chi connectivity index (χ4v) is 2.08. The third-order valence-electron chi connectivity index (χ3n) is 2.60. The summed E-state index contributed by atoms with van der Waals surface area (Å²) < 4.78 is 35.4. The minimum absolute atomic E-state index is 0.0320. The number of hydrogen-bond acceptors (Lipinski definition) is 5. The van der Waals surface area contributed by atoms with Gasteiger partial charge in [0.2, 0.25) is 15.9 Å². The summed E-state index contributed by atoms with van der Waals surface area (Å²) in [6.07, 6.45) is 1.47. The molecule has 0 fully saturated rings. The third kappa shape index (κ3) is 3.05. The molecule has 0 saturated carbocycles. The second-order valence-corrected chi connectivity index (χ2v) is 5.81. The van der Waals surface area contributed by atoms with E-state index in [1.165, 1.54) is 6.20 Å². The van der Waals surface area contributed by atoms with Gasteiger partial charge in [0.1, 0.15) is 5.75 Å². The van der Waals surface area contributed by atoms with Crippen LogP contribution < -0.4 is 9.46 Å². The molecule has 19 heavy (non-hydrogen) atoms. The second kappa shape index (κ2) is 5.31. The third-order valence-corrected chi connectivity index (χ3v) is 3.86. The second-order valence-electron chi connectivity index (χ2n) is 3.80. The van der Waals surface area contributed by atoms with Crippen molar-refractivity contribution in [2.45, 2.75) is 6.92 Å². The first-order valence-corrected chi connectivity index (χ1v) is 7.30. The van der Waals surface area contributed by atoms with E-state index in [1.54, 1.807) is 38.3 Å². The molecular formula is C12H14N2O4S. The first kappa shape index (κ1) is 13.4. The van der Waals surface area contributed by atoms with Gasteiger partial charge in [-0.15, -0.1) is 0 Å². The Hall–Kier alpha value is -2.02. The lowest BCUT2D eigenvalue weighted by molar-refractivity contribution is 0.415. The Labute approximate surface area is 111 Å². The lowest BCUT2D eigenvalue weighted by atomic mass is 10.1. The molecule has 0 amide bonds. The van der Waals surface area contributed by atoms with Gasteiger partial charge in [0.15, 0.2) is 0 Å². The van der Waals surface area contributed by atoms with Crippen molar-refractivity contribution in [3.8, 4) is 16.9 Å². The minimum atomic E-state index is -3.39. The smallest absolute Gasteiger partial charge is 0.245 e. The molecule has 2 rings (SSSR count). The molecule has 0 atom stereocenters. The molecule has 0 saturated heterocycles. The summed E-state index contributed by atoms with van der Waals surface area (Å²) in [4.78, 5) is 0. The topological polar surface area (TPSA) is 81.4 Å². The van der Waals surface area contributed by atoms with Crippen molar-refractivity contribution in [1.29, 1.82) is 0 Å². The van der Waals surface area contributed by atoms with Gasteiger partial charge in [0.05, 0.1) is 24.6 Å². The lowest BCUT2D eigenvalue weighted by Crippen LogP contribution is -2.14. The van der Waals surface area contributed by atoms with Crippen LogP contribution >= 0.6 is 0 Å². The van der Waals surface area contributed by atoms with Crippen molar-refractivity contribution in [2.24, 2.45) is 0 Å². The van der Waals surface area contributed by atoms with Crippen LogP contribution in [0.1, 0.15) is 6.92 Å². The van der Waals surface area contributed by atoms with Crippen LogP contribution in [0.15, 0.2) is 35.0 Å². The maximum atomic E-state index is 11.5. The summed E-state index contributed by atoms with van der Waals surface area (Å²) in [5.41, 5.74) is 1.37. The fraction of sp³-hybridized carbons (Fsp3) is 0.250. The van der Waals surface area contributed by atoms with Gasteiger partial charge in [0, 0.05) is 0 Å². The quantitative estimate of drug-likeness (QED) is 0.908. The van der Waals surface area contributed by atoms with E-state index in [-0.39, 0.29) is 11.6 Å². The number of sulfonamides is 1. The molecule has 0 aliphatic carbocycles. The van der Waals surface area contributed by atoms with Crippen LogP contribution in [0.3, 0.4) is 0 Å². The van der Waals surface area contributed by atoms with Gasteiger partial charge in [-0.2, -0.15) is 0 Å². The van der Waals surface area contributed by atoms with E-state index >= 15 is 0 Å². The molecule has 0 radical (unpaired) electrons. The maximum Gasteiger partial charge on any atom is 0.245 e. The number of nitrogens with zero attached hydrogens (tertiary/aromatic N) is 1. The molecular weight excluding hydrogens is 268 g/mol. The average molecular weight is 282 g/mol. The maximum absolute atomic E-state index is 11.5. The van der Waals surface area contributed by atoms with Gasteiger partial charge in [-0.05, 0) is 24.6 Å². The Kier molecular flexibility index (Phi) is 3.75. The van der Waals surface area contributed by atoms with E-state index in [9.17, 15) is 8.42 Å². The number of hydrogen-bond donors (Lipinski definition) is 1. The number of aromatic nitrogens is 1. The minimum Gasteiger partial charge on any atom is -0.497 e. The number of ether oxygens (including phenoxy) is 1. The molecule has 0 aliphatic rings. The van der Waals surface area contributed by atoms with E-state index < -0.39 is 10.0 Å². The van der Waals surface area contributed by atoms with Crippen molar-refractivity contribution in [3.05, 3.63) is 30.5 Å². The standard InChI is InChI=1S/C12H14N2O4S/c1-3-19(15,16)14-12-11(8-13-18-12)9-4-6-10(17-2)7-5-9/h4-8,14H,3H2,1-2H3. The van der Waals surface area contributed by atoms with Gasteiger partial charge in [-0.3, -0.25) is 4.72 Å². The molecule has 6 nitrogen and oxygen atoms in total. The Bertz CT molecular complexity index is 647. The Balaban J connectivity index is 2.33. The highest BCUT2D eigenvalue weighted by Crippen LogP contribution is 2.29. The summed E-state index contributed by atoms with van der Waals surface area (Å²) in [6.45, 7) is 1.55. The highest BCUT2D eigenvalue weighted by atomic mass is 32.2. The van der Waals surface area contributed by atoms with Crippen molar-refractivity contribution < 1.29 is 17.7 Å². The number of rotatable bonds is 5. The van der Waals surface area contributed by atoms with Crippen LogP contribution in [0.4, 0.5) is 5.88 Å². The first-order valence-electron chi connectivity index (χ1n) is 5.65. The van der Waals surface area contributed by atoms with Gasteiger partial charge < -0.3 is 9.26 Å². The normalized spacial score (nSPS) is 11.3. The van der Waals surface area contributed by atoms with Gasteiger partial charge in [0.25, 0.3) is 0 Å². The lowest BCUT2D eigenvalue weighted by Gasteiger charge is -2.05. The van der Waals surface area contributed by atoms with E-state index in [0.29, 0.717) is 5.56 Å².